The van der Waals surface area contributed by atoms with Crippen molar-refractivity contribution in [2.45, 2.75) is 12.8 Å². The summed E-state index contributed by atoms with van der Waals surface area (Å²) < 4.78 is 4.71. The summed E-state index contributed by atoms with van der Waals surface area (Å²) in [7, 11) is 0. The lowest BCUT2D eigenvalue weighted by Crippen LogP contribution is -2.07. The quantitative estimate of drug-likeness (QED) is 0.161. The molecule has 0 saturated carbocycles. The lowest BCUT2D eigenvalue weighted by atomic mass is 9.95. The second-order valence-electron chi connectivity index (χ2n) is 15.9. The third-order valence-electron chi connectivity index (χ3n) is 12.2. The zero-order valence-corrected chi connectivity index (χ0v) is 33.9. The molecule has 5 heteroatoms. The number of nitrogens with zero attached hydrogens (tertiary/aromatic N) is 5. The smallest absolute Gasteiger partial charge is 0.238 e. The first-order valence-corrected chi connectivity index (χ1v) is 21.3. The number of hydrogen-bond acceptors (Lipinski definition) is 3. The van der Waals surface area contributed by atoms with Gasteiger partial charge in [0.1, 0.15) is 0 Å². The minimum Gasteiger partial charge on any atom is -0.307 e. The van der Waals surface area contributed by atoms with E-state index in [1.165, 1.54) is 22.1 Å². The molecule has 0 fully saturated rings. The van der Waals surface area contributed by atoms with E-state index < -0.39 is 0 Å². The first kappa shape index (κ1) is 35.8. The minimum absolute atomic E-state index is 0.561. The van der Waals surface area contributed by atoms with Crippen LogP contribution in [0.1, 0.15) is 18.4 Å². The molecule has 5 nitrogen and oxygen atoms in total. The highest BCUT2D eigenvalue weighted by Gasteiger charge is 2.24. The highest BCUT2D eigenvalue weighted by molar-refractivity contribution is 6.24. The molecular weight excluding hydrogens is 755 g/mol. The van der Waals surface area contributed by atoms with Crippen molar-refractivity contribution in [3.8, 4) is 56.7 Å². The monoisotopic (exact) mass is 793 g/mol. The first-order valence-electron chi connectivity index (χ1n) is 21.3. The Morgan fingerprint density at radius 2 is 0.919 bits per heavy atom. The molecule has 0 N–H and O–H groups in total. The molecule has 1 aliphatic carbocycles. The summed E-state index contributed by atoms with van der Waals surface area (Å²) in [6, 6.07) is 68.9. The Labute approximate surface area is 359 Å². The maximum absolute atomic E-state index is 5.39. The number of aromatic nitrogens is 5. The zero-order chi connectivity index (χ0) is 41.0. The third-order valence-corrected chi connectivity index (χ3v) is 12.2. The molecule has 0 amide bonds. The molecule has 3 heterocycles. The SMILES string of the molecule is C1=CC(c2cccc(-c3ccc(-c4nc(-c5ccccc5)nc(-n5c6ccccc6c6ccc7c8ccccc8n(-c8ccccc8-c8ccccc8)c7c65)n4)cc3)c2)=CCC1. The molecule has 62 heavy (non-hydrogen) atoms. The number of fused-ring (bicyclic) bond motifs is 7. The molecule has 0 unspecified atom stereocenters. The molecule has 8 aromatic carbocycles. The highest BCUT2D eigenvalue weighted by Crippen LogP contribution is 2.43. The maximum Gasteiger partial charge on any atom is 0.238 e. The Balaban J connectivity index is 1.11. The van der Waals surface area contributed by atoms with E-state index in [4.69, 9.17) is 15.0 Å². The van der Waals surface area contributed by atoms with Gasteiger partial charge in [-0.1, -0.05) is 188 Å². The van der Waals surface area contributed by atoms with Crippen LogP contribution in [0.25, 0.3) is 106 Å². The standard InChI is InChI=1S/C57H39N5/c1-4-17-38(18-5-1)43-23-16-24-44(37-43)39-31-33-42(34-32-39)56-58-55(41-21-8-3-9-22-41)59-57(60-56)62-52-30-15-12-27-47(52)49-36-35-48-46-26-11-14-29-51(46)61(53(48)54(49)62)50-28-13-10-25-45(50)40-19-6-2-7-20-40/h2-4,6-37H,1,5H2. The Morgan fingerprint density at radius 3 is 1.61 bits per heavy atom. The van der Waals surface area contributed by atoms with Gasteiger partial charge in [-0.25, -0.2) is 4.98 Å². The van der Waals surface area contributed by atoms with Gasteiger partial charge in [0.15, 0.2) is 11.6 Å². The van der Waals surface area contributed by atoms with E-state index in [-0.39, 0.29) is 0 Å². The van der Waals surface area contributed by atoms with Crippen LogP contribution in [-0.2, 0) is 0 Å². The summed E-state index contributed by atoms with van der Waals surface area (Å²) in [5.74, 6) is 1.79. The average Bonchev–Trinajstić information content (AvgIpc) is 3.88. The van der Waals surface area contributed by atoms with E-state index >= 15 is 0 Å². The molecule has 0 radical (unpaired) electrons. The van der Waals surface area contributed by atoms with Gasteiger partial charge < -0.3 is 4.57 Å². The fourth-order valence-corrected chi connectivity index (χ4v) is 9.32. The van der Waals surface area contributed by atoms with E-state index in [2.05, 4.69) is 203 Å². The summed E-state index contributed by atoms with van der Waals surface area (Å²) >= 11 is 0. The van der Waals surface area contributed by atoms with Gasteiger partial charge >= 0.3 is 0 Å². The van der Waals surface area contributed by atoms with Crippen molar-refractivity contribution >= 4 is 49.2 Å². The second kappa shape index (κ2) is 14.8. The van der Waals surface area contributed by atoms with Crippen LogP contribution < -0.4 is 0 Å². The molecule has 0 saturated heterocycles. The van der Waals surface area contributed by atoms with Crippen LogP contribution in [0.2, 0.25) is 0 Å². The summed E-state index contributed by atoms with van der Waals surface area (Å²) in [6.07, 6.45) is 9.01. The van der Waals surface area contributed by atoms with Gasteiger partial charge in [-0.15, -0.1) is 0 Å². The fourth-order valence-electron chi connectivity index (χ4n) is 9.32. The first-order chi connectivity index (χ1) is 30.8. The van der Waals surface area contributed by atoms with Crippen molar-refractivity contribution < 1.29 is 0 Å². The average molecular weight is 794 g/mol. The van der Waals surface area contributed by atoms with Crippen molar-refractivity contribution in [2.75, 3.05) is 0 Å². The summed E-state index contributed by atoms with van der Waals surface area (Å²) in [5, 5.41) is 4.60. The molecule has 11 aromatic rings. The van der Waals surface area contributed by atoms with Crippen LogP contribution in [0.3, 0.4) is 0 Å². The predicted octanol–water partition coefficient (Wildman–Crippen LogP) is 14.5. The van der Waals surface area contributed by atoms with Gasteiger partial charge in [0.05, 0.1) is 27.8 Å². The van der Waals surface area contributed by atoms with E-state index in [1.54, 1.807) is 0 Å². The zero-order valence-electron chi connectivity index (χ0n) is 33.9. The van der Waals surface area contributed by atoms with Gasteiger partial charge in [-0.05, 0) is 64.9 Å². The lowest BCUT2D eigenvalue weighted by molar-refractivity contribution is 0.953. The van der Waals surface area contributed by atoms with Crippen LogP contribution in [0.15, 0.2) is 212 Å². The molecule has 0 spiro atoms. The van der Waals surface area contributed by atoms with Crippen LogP contribution in [0.4, 0.5) is 0 Å². The summed E-state index contributed by atoms with van der Waals surface area (Å²) in [4.78, 5) is 15.9. The van der Waals surface area contributed by atoms with Gasteiger partial charge in [0.2, 0.25) is 5.95 Å². The molecule has 0 aliphatic heterocycles. The Kier molecular flexibility index (Phi) is 8.56. The van der Waals surface area contributed by atoms with Crippen molar-refractivity contribution in [2.24, 2.45) is 0 Å². The van der Waals surface area contributed by atoms with Crippen molar-refractivity contribution in [1.82, 2.24) is 24.1 Å². The highest BCUT2D eigenvalue weighted by atomic mass is 15.2. The third kappa shape index (κ3) is 5.97. The molecule has 1 aliphatic rings. The van der Waals surface area contributed by atoms with E-state index in [1.807, 2.05) is 18.2 Å². The number of rotatable bonds is 7. The van der Waals surface area contributed by atoms with Crippen LogP contribution in [0, 0.1) is 0 Å². The lowest BCUT2D eigenvalue weighted by Gasteiger charge is -2.16. The van der Waals surface area contributed by atoms with Crippen molar-refractivity contribution in [3.05, 3.63) is 218 Å². The normalized spacial score (nSPS) is 12.7. The molecule has 0 bridgehead atoms. The molecule has 12 rings (SSSR count). The Bertz CT molecular complexity index is 3560. The number of hydrogen-bond donors (Lipinski definition) is 0. The molecule has 3 aromatic heterocycles. The molecular formula is C57H39N5. The van der Waals surface area contributed by atoms with E-state index in [9.17, 15) is 0 Å². The van der Waals surface area contributed by atoms with E-state index in [0.29, 0.717) is 17.6 Å². The van der Waals surface area contributed by atoms with Crippen molar-refractivity contribution in [3.63, 3.8) is 0 Å². The number of allylic oxidation sites excluding steroid dienone is 4. The number of benzene rings is 8. The largest absolute Gasteiger partial charge is 0.307 e. The maximum atomic E-state index is 5.39. The summed E-state index contributed by atoms with van der Waals surface area (Å²) in [5.41, 5.74) is 14.4. The van der Waals surface area contributed by atoms with Gasteiger partial charge in [-0.2, -0.15) is 9.97 Å². The van der Waals surface area contributed by atoms with Crippen molar-refractivity contribution in [1.29, 1.82) is 0 Å². The van der Waals surface area contributed by atoms with Crippen LogP contribution in [-0.4, -0.2) is 24.1 Å². The van der Waals surface area contributed by atoms with Crippen LogP contribution >= 0.6 is 0 Å². The summed E-state index contributed by atoms with van der Waals surface area (Å²) in [6.45, 7) is 0. The van der Waals surface area contributed by atoms with E-state index in [0.717, 1.165) is 84.6 Å². The Morgan fingerprint density at radius 1 is 0.371 bits per heavy atom. The molecule has 0 atom stereocenters. The predicted molar refractivity (Wildman–Crippen MR) is 257 cm³/mol. The van der Waals surface area contributed by atoms with Gasteiger partial charge in [0, 0.05) is 38.2 Å². The Hall–Kier alpha value is -8.15. The second-order valence-corrected chi connectivity index (χ2v) is 15.9. The van der Waals surface area contributed by atoms with Gasteiger partial charge in [0.25, 0.3) is 0 Å². The number of para-hydroxylation sites is 3. The minimum atomic E-state index is 0.561. The molecule has 292 valence electrons. The fraction of sp³-hybridized carbons (Fsp3) is 0.0351. The topological polar surface area (TPSA) is 48.5 Å². The van der Waals surface area contributed by atoms with Gasteiger partial charge in [-0.3, -0.25) is 4.57 Å². The van der Waals surface area contributed by atoms with Crippen LogP contribution in [0.5, 0.6) is 0 Å².